The van der Waals surface area contributed by atoms with Crippen molar-refractivity contribution in [2.45, 2.75) is 13.5 Å². The van der Waals surface area contributed by atoms with Crippen LogP contribution in [-0.4, -0.2) is 28.6 Å². The van der Waals surface area contributed by atoms with Crippen LogP contribution < -0.4 is 5.32 Å². The van der Waals surface area contributed by atoms with Crippen LogP contribution in [0.15, 0.2) is 72.9 Å². The Morgan fingerprint density at radius 3 is 2.19 bits per heavy atom. The van der Waals surface area contributed by atoms with Gasteiger partial charge in [-0.1, -0.05) is 30.3 Å². The first kappa shape index (κ1) is 18.3. The van der Waals surface area contributed by atoms with Gasteiger partial charge in [-0.3, -0.25) is 9.59 Å². The van der Waals surface area contributed by atoms with E-state index in [1.165, 1.54) is 6.92 Å². The number of hydrogen-bond donors (Lipinski definition) is 1. The van der Waals surface area contributed by atoms with Gasteiger partial charge in [0.2, 0.25) is 0 Å². The molecule has 0 saturated heterocycles. The Kier molecular flexibility index (Phi) is 5.61. The first-order chi connectivity index (χ1) is 13.0. The van der Waals surface area contributed by atoms with Gasteiger partial charge >= 0.3 is 0 Å². The third-order valence-electron chi connectivity index (χ3n) is 4.18. The van der Waals surface area contributed by atoms with E-state index in [0.29, 0.717) is 23.5 Å². The predicted octanol–water partition coefficient (Wildman–Crippen LogP) is 4.30. The minimum absolute atomic E-state index is 0.0298. The van der Waals surface area contributed by atoms with Crippen LogP contribution in [0, 0.1) is 0 Å². The molecule has 0 atom stereocenters. The highest BCUT2D eigenvalue weighted by atomic mass is 16.2. The molecule has 1 heterocycles. The number of nitrogens with zero attached hydrogens (tertiary/aromatic N) is 2. The number of ketones is 1. The van der Waals surface area contributed by atoms with Crippen LogP contribution in [0.3, 0.4) is 0 Å². The number of carbonyl (C=O) groups excluding carboxylic acids is 2. The van der Waals surface area contributed by atoms with Crippen molar-refractivity contribution in [1.29, 1.82) is 0 Å². The van der Waals surface area contributed by atoms with E-state index in [9.17, 15) is 9.59 Å². The highest BCUT2D eigenvalue weighted by Gasteiger charge is 2.12. The van der Waals surface area contributed by atoms with Gasteiger partial charge in [0.25, 0.3) is 5.91 Å². The maximum absolute atomic E-state index is 12.6. The Hall–Kier alpha value is -3.47. The van der Waals surface area contributed by atoms with E-state index in [0.717, 1.165) is 11.3 Å². The molecule has 0 saturated carbocycles. The van der Waals surface area contributed by atoms with E-state index in [-0.39, 0.29) is 11.7 Å². The molecule has 27 heavy (non-hydrogen) atoms. The molecule has 5 nitrogen and oxygen atoms in total. The molecule has 0 fully saturated rings. The smallest absolute Gasteiger partial charge is 0.255 e. The Labute approximate surface area is 158 Å². The Morgan fingerprint density at radius 2 is 1.59 bits per heavy atom. The van der Waals surface area contributed by atoms with Crippen molar-refractivity contribution in [2.75, 3.05) is 12.4 Å². The zero-order valence-electron chi connectivity index (χ0n) is 15.3. The average molecular weight is 359 g/mol. The maximum Gasteiger partial charge on any atom is 0.255 e. The number of rotatable bonds is 6. The predicted molar refractivity (Wildman–Crippen MR) is 106 cm³/mol. The van der Waals surface area contributed by atoms with E-state index in [1.54, 1.807) is 42.4 Å². The van der Waals surface area contributed by atoms with E-state index >= 15 is 0 Å². The van der Waals surface area contributed by atoms with Crippen molar-refractivity contribution in [3.8, 4) is 0 Å². The van der Waals surface area contributed by atoms with Crippen molar-refractivity contribution >= 4 is 23.2 Å². The molecule has 1 amide bonds. The van der Waals surface area contributed by atoms with Gasteiger partial charge in [-0.15, -0.1) is 0 Å². The van der Waals surface area contributed by atoms with Gasteiger partial charge in [-0.2, -0.15) is 0 Å². The van der Waals surface area contributed by atoms with Crippen LogP contribution in [0.4, 0.5) is 11.5 Å². The van der Waals surface area contributed by atoms with Crippen LogP contribution in [0.1, 0.15) is 33.2 Å². The molecule has 1 aromatic heterocycles. The summed E-state index contributed by atoms with van der Waals surface area (Å²) in [6, 6.07) is 20.6. The summed E-state index contributed by atoms with van der Waals surface area (Å²) in [6.07, 6.45) is 1.57. The summed E-state index contributed by atoms with van der Waals surface area (Å²) in [7, 11) is 1.78. The number of anilines is 2. The molecule has 3 aromatic rings. The molecule has 0 aliphatic rings. The standard InChI is InChI=1S/C22H21N3O2/c1-16(26)18-8-11-20(12-9-18)24-21-13-10-19(14-23-21)22(27)25(2)15-17-6-4-3-5-7-17/h3-14H,15H2,1-2H3,(H,23,24). The van der Waals surface area contributed by atoms with Crippen molar-refractivity contribution in [3.05, 3.63) is 89.6 Å². The summed E-state index contributed by atoms with van der Waals surface area (Å²) in [4.78, 5) is 29.9. The fourth-order valence-corrected chi connectivity index (χ4v) is 2.68. The number of aromatic nitrogens is 1. The van der Waals surface area contributed by atoms with Crippen LogP contribution in [0.2, 0.25) is 0 Å². The van der Waals surface area contributed by atoms with Crippen LogP contribution >= 0.6 is 0 Å². The van der Waals surface area contributed by atoms with Gasteiger partial charge in [0.1, 0.15) is 5.82 Å². The largest absolute Gasteiger partial charge is 0.340 e. The molecule has 0 aliphatic heterocycles. The first-order valence-corrected chi connectivity index (χ1v) is 8.66. The van der Waals surface area contributed by atoms with Crippen molar-refractivity contribution in [3.63, 3.8) is 0 Å². The van der Waals surface area contributed by atoms with Crippen molar-refractivity contribution in [1.82, 2.24) is 9.88 Å². The number of hydrogen-bond acceptors (Lipinski definition) is 4. The quantitative estimate of drug-likeness (QED) is 0.667. The molecule has 1 N–H and O–H groups in total. The number of pyridine rings is 1. The molecule has 0 spiro atoms. The third-order valence-corrected chi connectivity index (χ3v) is 4.18. The van der Waals surface area contributed by atoms with E-state index in [4.69, 9.17) is 0 Å². The fraction of sp³-hybridized carbons (Fsp3) is 0.136. The molecular weight excluding hydrogens is 338 g/mol. The van der Waals surface area contributed by atoms with E-state index < -0.39 is 0 Å². The molecule has 5 heteroatoms. The van der Waals surface area contributed by atoms with Gasteiger partial charge in [-0.05, 0) is 48.9 Å². The lowest BCUT2D eigenvalue weighted by molar-refractivity contribution is 0.0784. The summed E-state index contributed by atoms with van der Waals surface area (Å²) in [5, 5.41) is 3.16. The Bertz CT molecular complexity index is 920. The first-order valence-electron chi connectivity index (χ1n) is 8.66. The van der Waals surface area contributed by atoms with Crippen molar-refractivity contribution < 1.29 is 9.59 Å². The van der Waals surface area contributed by atoms with Gasteiger partial charge < -0.3 is 10.2 Å². The lowest BCUT2D eigenvalue weighted by Crippen LogP contribution is -2.26. The molecule has 136 valence electrons. The highest BCUT2D eigenvalue weighted by molar-refractivity contribution is 5.94. The number of Topliss-reactive ketones (excluding diaryl/α,β-unsaturated/α-hetero) is 1. The minimum atomic E-state index is -0.0799. The monoisotopic (exact) mass is 359 g/mol. The number of nitrogens with one attached hydrogen (secondary N) is 1. The zero-order valence-corrected chi connectivity index (χ0v) is 15.3. The molecule has 0 radical (unpaired) electrons. The number of amides is 1. The average Bonchev–Trinajstić information content (AvgIpc) is 2.69. The third kappa shape index (κ3) is 4.79. The fourth-order valence-electron chi connectivity index (χ4n) is 2.68. The number of benzene rings is 2. The van der Waals surface area contributed by atoms with Crippen LogP contribution in [-0.2, 0) is 6.54 Å². The Balaban J connectivity index is 1.63. The van der Waals surface area contributed by atoms with Gasteiger partial charge in [0.15, 0.2) is 5.78 Å². The molecule has 2 aromatic carbocycles. The molecule has 3 rings (SSSR count). The summed E-state index contributed by atoms with van der Waals surface area (Å²) in [5.41, 5.74) is 3.10. The Morgan fingerprint density at radius 1 is 0.926 bits per heavy atom. The van der Waals surface area contributed by atoms with Crippen LogP contribution in [0.5, 0.6) is 0 Å². The van der Waals surface area contributed by atoms with Gasteiger partial charge in [0, 0.05) is 31.0 Å². The summed E-state index contributed by atoms with van der Waals surface area (Å²) in [5.74, 6) is 0.582. The van der Waals surface area contributed by atoms with E-state index in [2.05, 4.69) is 10.3 Å². The zero-order chi connectivity index (χ0) is 19.2. The molecular formula is C22H21N3O2. The second-order valence-electron chi connectivity index (χ2n) is 6.34. The van der Waals surface area contributed by atoms with Crippen LogP contribution in [0.25, 0.3) is 0 Å². The van der Waals surface area contributed by atoms with Gasteiger partial charge in [-0.25, -0.2) is 4.98 Å². The lowest BCUT2D eigenvalue weighted by atomic mass is 10.1. The topological polar surface area (TPSA) is 62.3 Å². The van der Waals surface area contributed by atoms with Crippen molar-refractivity contribution in [2.24, 2.45) is 0 Å². The number of carbonyl (C=O) groups is 2. The molecule has 0 unspecified atom stereocenters. The lowest BCUT2D eigenvalue weighted by Gasteiger charge is -2.17. The maximum atomic E-state index is 12.6. The van der Waals surface area contributed by atoms with E-state index in [1.807, 2.05) is 42.5 Å². The SMILES string of the molecule is CC(=O)c1ccc(Nc2ccc(C(=O)N(C)Cc3ccccc3)cn2)cc1. The molecule has 0 aliphatic carbocycles. The summed E-state index contributed by atoms with van der Waals surface area (Å²) < 4.78 is 0. The summed E-state index contributed by atoms with van der Waals surface area (Å²) in [6.45, 7) is 2.08. The second kappa shape index (κ2) is 8.27. The normalized spacial score (nSPS) is 10.3. The second-order valence-corrected chi connectivity index (χ2v) is 6.34. The summed E-state index contributed by atoms with van der Waals surface area (Å²) >= 11 is 0. The minimum Gasteiger partial charge on any atom is -0.340 e. The highest BCUT2D eigenvalue weighted by Crippen LogP contribution is 2.16. The van der Waals surface area contributed by atoms with Gasteiger partial charge in [0.05, 0.1) is 5.56 Å². The molecule has 0 bridgehead atoms.